The summed E-state index contributed by atoms with van der Waals surface area (Å²) < 4.78 is 18.9. The number of piperidine rings is 1. The van der Waals surface area contributed by atoms with E-state index < -0.39 is 0 Å². The van der Waals surface area contributed by atoms with E-state index in [1.807, 2.05) is 36.6 Å². The molecule has 0 bridgehead atoms. The molecule has 0 aromatic heterocycles. The van der Waals surface area contributed by atoms with Gasteiger partial charge in [-0.2, -0.15) is 0 Å². The quantitative estimate of drug-likeness (QED) is 0.624. The zero-order chi connectivity index (χ0) is 23.4. The Morgan fingerprint density at radius 3 is 2.55 bits per heavy atom. The first kappa shape index (κ1) is 23.6. The van der Waals surface area contributed by atoms with Crippen molar-refractivity contribution in [2.75, 3.05) is 37.9 Å². The molecular weight excluding hydrogens is 441 g/mol. The summed E-state index contributed by atoms with van der Waals surface area (Å²) in [4.78, 5) is 30.5. The summed E-state index contributed by atoms with van der Waals surface area (Å²) >= 11 is 1.66. The van der Waals surface area contributed by atoms with Gasteiger partial charge in [-0.1, -0.05) is 6.07 Å². The minimum Gasteiger partial charge on any atom is -0.494 e. The number of nitrogens with zero attached hydrogens (tertiary/aromatic N) is 2. The Morgan fingerprint density at radius 2 is 1.91 bits per heavy atom. The second-order valence-electron chi connectivity index (χ2n) is 8.63. The van der Waals surface area contributed by atoms with E-state index in [-0.39, 0.29) is 41.8 Å². The number of halogens is 1. The highest BCUT2D eigenvalue weighted by Gasteiger charge is 2.36. The lowest BCUT2D eigenvalue weighted by atomic mass is 10.0. The van der Waals surface area contributed by atoms with Gasteiger partial charge in [-0.05, 0) is 61.1 Å². The lowest BCUT2D eigenvalue weighted by molar-refractivity contribution is -0.127. The van der Waals surface area contributed by atoms with Gasteiger partial charge in [0.2, 0.25) is 11.8 Å². The smallest absolute Gasteiger partial charge is 0.227 e. The van der Waals surface area contributed by atoms with Crippen molar-refractivity contribution in [3.05, 3.63) is 53.8 Å². The summed E-state index contributed by atoms with van der Waals surface area (Å²) in [5, 5.41) is 3.16. The van der Waals surface area contributed by atoms with Gasteiger partial charge in [0.05, 0.1) is 13.0 Å². The van der Waals surface area contributed by atoms with Gasteiger partial charge < -0.3 is 15.0 Å². The number of hydrogen-bond donors (Lipinski definition) is 1. The first-order valence-corrected chi connectivity index (χ1v) is 12.5. The number of thioether (sulfide) groups is 1. The Balaban J connectivity index is 1.25. The fraction of sp³-hybridized carbons (Fsp3) is 0.440. The number of carbonyl (C=O) groups is 2. The van der Waals surface area contributed by atoms with Crippen molar-refractivity contribution in [2.45, 2.75) is 36.7 Å². The normalized spacial score (nSPS) is 19.7. The molecule has 2 aliphatic heterocycles. The molecule has 1 atom stereocenters. The molecule has 8 heteroatoms. The average molecular weight is 472 g/mol. The van der Waals surface area contributed by atoms with Gasteiger partial charge >= 0.3 is 0 Å². The van der Waals surface area contributed by atoms with E-state index in [4.69, 9.17) is 4.74 Å². The van der Waals surface area contributed by atoms with Gasteiger partial charge in [-0.3, -0.25) is 14.5 Å². The molecule has 0 aliphatic carbocycles. The van der Waals surface area contributed by atoms with Crippen molar-refractivity contribution < 1.29 is 18.7 Å². The number of rotatable bonds is 7. The van der Waals surface area contributed by atoms with Crippen LogP contribution in [0.1, 0.15) is 24.8 Å². The van der Waals surface area contributed by atoms with Crippen LogP contribution in [0.25, 0.3) is 0 Å². The van der Waals surface area contributed by atoms with Crippen LogP contribution in [0.4, 0.5) is 10.1 Å². The number of ether oxygens (including phenoxy) is 1. The molecule has 2 heterocycles. The topological polar surface area (TPSA) is 61.9 Å². The van der Waals surface area contributed by atoms with Crippen LogP contribution in [-0.2, 0) is 16.1 Å². The number of amides is 2. The number of methoxy groups -OCH3 is 1. The number of benzene rings is 2. The largest absolute Gasteiger partial charge is 0.494 e. The molecule has 0 radical (unpaired) electrons. The zero-order valence-electron chi connectivity index (χ0n) is 19.1. The van der Waals surface area contributed by atoms with Crippen molar-refractivity contribution in [1.29, 1.82) is 0 Å². The number of carbonyl (C=O) groups excluding carboxylic acids is 2. The van der Waals surface area contributed by atoms with E-state index in [2.05, 4.69) is 10.2 Å². The van der Waals surface area contributed by atoms with E-state index in [9.17, 15) is 14.0 Å². The van der Waals surface area contributed by atoms with Gasteiger partial charge in [-0.25, -0.2) is 4.39 Å². The van der Waals surface area contributed by atoms with Crippen LogP contribution in [0.15, 0.2) is 47.4 Å². The summed E-state index contributed by atoms with van der Waals surface area (Å²) in [6.07, 6.45) is 3.94. The number of hydrogen-bond acceptors (Lipinski definition) is 5. The molecule has 2 aliphatic rings. The zero-order valence-corrected chi connectivity index (χ0v) is 19.9. The van der Waals surface area contributed by atoms with Crippen molar-refractivity contribution in [3.63, 3.8) is 0 Å². The molecule has 2 aromatic rings. The molecule has 0 saturated carbocycles. The van der Waals surface area contributed by atoms with Crippen molar-refractivity contribution in [1.82, 2.24) is 10.2 Å². The summed E-state index contributed by atoms with van der Waals surface area (Å²) in [6.45, 7) is 2.75. The monoisotopic (exact) mass is 471 g/mol. The molecule has 6 nitrogen and oxygen atoms in total. The molecule has 2 aromatic carbocycles. The van der Waals surface area contributed by atoms with Gasteiger partial charge in [0, 0.05) is 49.2 Å². The summed E-state index contributed by atoms with van der Waals surface area (Å²) in [5.41, 5.74) is 1.75. The second-order valence-corrected chi connectivity index (χ2v) is 9.51. The molecule has 1 unspecified atom stereocenters. The first-order chi connectivity index (χ1) is 16.0. The standard InChI is InChI=1S/C25H30FN3O3S/c1-32-23-8-3-17(13-22(23)26)15-28-11-9-19(10-12-28)27-25(31)18-14-24(30)29(16-18)20-4-6-21(33-2)7-5-20/h3-8,13,18-19H,9-12,14-16H2,1-2H3,(H,27,31). The van der Waals surface area contributed by atoms with E-state index in [1.54, 1.807) is 22.7 Å². The minimum absolute atomic E-state index is 0.00593. The van der Waals surface area contributed by atoms with Crippen LogP contribution in [-0.4, -0.2) is 55.8 Å². The van der Waals surface area contributed by atoms with Crippen molar-refractivity contribution in [3.8, 4) is 5.75 Å². The third-order valence-corrected chi connectivity index (χ3v) is 7.18. The molecule has 0 spiro atoms. The Labute approximate surface area is 198 Å². The second kappa shape index (κ2) is 10.6. The highest BCUT2D eigenvalue weighted by molar-refractivity contribution is 7.98. The SMILES string of the molecule is COc1ccc(CN2CCC(NC(=O)C3CC(=O)N(c4ccc(SC)cc4)C3)CC2)cc1F. The predicted octanol–water partition coefficient (Wildman–Crippen LogP) is 3.69. The van der Waals surface area contributed by atoms with E-state index in [1.165, 1.54) is 13.2 Å². The first-order valence-electron chi connectivity index (χ1n) is 11.3. The van der Waals surface area contributed by atoms with Gasteiger partial charge in [0.15, 0.2) is 11.6 Å². The Bertz CT molecular complexity index is 993. The third-order valence-electron chi connectivity index (χ3n) is 6.44. The van der Waals surface area contributed by atoms with Gasteiger partial charge in [0.1, 0.15) is 0 Å². The number of likely N-dealkylation sites (tertiary alicyclic amines) is 1. The Kier molecular flexibility index (Phi) is 7.55. The summed E-state index contributed by atoms with van der Waals surface area (Å²) in [6, 6.07) is 13.0. The Morgan fingerprint density at radius 1 is 1.18 bits per heavy atom. The van der Waals surface area contributed by atoms with E-state index >= 15 is 0 Å². The molecule has 33 heavy (non-hydrogen) atoms. The van der Waals surface area contributed by atoms with Gasteiger partial charge in [-0.15, -0.1) is 11.8 Å². The minimum atomic E-state index is -0.350. The lowest BCUT2D eigenvalue weighted by Crippen LogP contribution is -2.46. The van der Waals surface area contributed by atoms with Crippen molar-refractivity contribution in [2.24, 2.45) is 5.92 Å². The molecule has 2 amide bonds. The molecule has 1 N–H and O–H groups in total. The van der Waals surface area contributed by atoms with Crippen LogP contribution in [0.5, 0.6) is 5.75 Å². The maximum atomic E-state index is 13.9. The van der Waals surface area contributed by atoms with Crippen LogP contribution in [0.3, 0.4) is 0 Å². The summed E-state index contributed by atoms with van der Waals surface area (Å²) in [7, 11) is 1.46. The summed E-state index contributed by atoms with van der Waals surface area (Å²) in [5.74, 6) is -0.465. The Hall–Kier alpha value is -2.58. The number of anilines is 1. The maximum Gasteiger partial charge on any atom is 0.227 e. The highest BCUT2D eigenvalue weighted by Crippen LogP contribution is 2.28. The van der Waals surface area contributed by atoms with E-state index in [0.29, 0.717) is 13.1 Å². The van der Waals surface area contributed by atoms with Crippen LogP contribution >= 0.6 is 11.8 Å². The van der Waals surface area contributed by atoms with Crippen LogP contribution in [0, 0.1) is 11.7 Å². The number of nitrogens with one attached hydrogen (secondary N) is 1. The lowest BCUT2D eigenvalue weighted by Gasteiger charge is -2.32. The van der Waals surface area contributed by atoms with E-state index in [0.717, 1.165) is 42.1 Å². The molecule has 2 fully saturated rings. The fourth-order valence-electron chi connectivity index (χ4n) is 4.52. The third kappa shape index (κ3) is 5.68. The molecule has 4 rings (SSSR count). The molecular formula is C25H30FN3O3S. The predicted molar refractivity (Wildman–Crippen MR) is 128 cm³/mol. The molecule has 176 valence electrons. The van der Waals surface area contributed by atoms with Crippen LogP contribution in [0.2, 0.25) is 0 Å². The maximum absolute atomic E-state index is 13.9. The molecule has 2 saturated heterocycles. The fourth-order valence-corrected chi connectivity index (χ4v) is 4.92. The highest BCUT2D eigenvalue weighted by atomic mass is 32.2. The average Bonchev–Trinajstić information content (AvgIpc) is 3.22. The van der Waals surface area contributed by atoms with Gasteiger partial charge in [0.25, 0.3) is 0 Å². The van der Waals surface area contributed by atoms with Crippen LogP contribution < -0.4 is 15.0 Å². The van der Waals surface area contributed by atoms with Crippen molar-refractivity contribution >= 4 is 29.3 Å².